The van der Waals surface area contributed by atoms with Crippen LogP contribution in [-0.2, 0) is 0 Å². The van der Waals surface area contributed by atoms with E-state index in [0.717, 1.165) is 6.42 Å². The van der Waals surface area contributed by atoms with E-state index in [-0.39, 0.29) is 5.91 Å². The molecule has 0 spiro atoms. The summed E-state index contributed by atoms with van der Waals surface area (Å²) in [5, 5.41) is 3.65. The van der Waals surface area contributed by atoms with Crippen molar-refractivity contribution in [3.63, 3.8) is 0 Å². The second-order valence-corrected chi connectivity index (χ2v) is 6.48. The van der Waals surface area contributed by atoms with Crippen molar-refractivity contribution in [3.8, 4) is 0 Å². The summed E-state index contributed by atoms with van der Waals surface area (Å²) in [6.45, 7) is 0.678. The van der Waals surface area contributed by atoms with Crippen LogP contribution in [0.4, 0.5) is 0 Å². The molecule has 5 heteroatoms. The molecule has 0 saturated heterocycles. The molecule has 1 aliphatic rings. The highest BCUT2D eigenvalue weighted by Crippen LogP contribution is 2.31. The van der Waals surface area contributed by atoms with Gasteiger partial charge in [-0.25, -0.2) is 0 Å². The minimum absolute atomic E-state index is 0.158. The Labute approximate surface area is 125 Å². The van der Waals surface area contributed by atoms with Gasteiger partial charge in [0.05, 0.1) is 15.6 Å². The minimum Gasteiger partial charge on any atom is -0.352 e. The molecule has 0 radical (unpaired) electrons. The van der Waals surface area contributed by atoms with Crippen LogP contribution in [0, 0.1) is 5.92 Å². The second kappa shape index (κ2) is 6.27. The molecule has 0 aromatic heterocycles. The van der Waals surface area contributed by atoms with E-state index < -0.39 is 0 Å². The van der Waals surface area contributed by atoms with Crippen LogP contribution in [0.1, 0.15) is 29.6 Å². The summed E-state index contributed by atoms with van der Waals surface area (Å²) in [5.74, 6) is 0.348. The number of alkyl halides is 1. The maximum absolute atomic E-state index is 12.0. The fourth-order valence-corrected chi connectivity index (χ4v) is 3.38. The van der Waals surface area contributed by atoms with Gasteiger partial charge in [0, 0.05) is 11.4 Å². The third-order valence-electron chi connectivity index (χ3n) is 3.29. The highest BCUT2D eigenvalue weighted by atomic mass is 79.9. The topological polar surface area (TPSA) is 29.1 Å². The molecule has 2 nitrogen and oxygen atoms in total. The van der Waals surface area contributed by atoms with Crippen molar-refractivity contribution < 1.29 is 4.79 Å². The number of amides is 1. The van der Waals surface area contributed by atoms with Gasteiger partial charge >= 0.3 is 0 Å². The number of carbonyl (C=O) groups is 1. The first-order chi connectivity index (χ1) is 8.59. The molecule has 2 rings (SSSR count). The van der Waals surface area contributed by atoms with Crippen molar-refractivity contribution in [1.82, 2.24) is 5.32 Å². The van der Waals surface area contributed by atoms with E-state index in [1.54, 1.807) is 18.2 Å². The highest BCUT2D eigenvalue weighted by Gasteiger charge is 2.25. The van der Waals surface area contributed by atoms with Gasteiger partial charge in [-0.2, -0.15) is 0 Å². The smallest absolute Gasteiger partial charge is 0.252 e. The first kappa shape index (κ1) is 14.2. The van der Waals surface area contributed by atoms with Crippen LogP contribution in [0.15, 0.2) is 18.2 Å². The molecule has 0 aliphatic heterocycles. The number of hydrogen-bond acceptors (Lipinski definition) is 1. The maximum atomic E-state index is 12.0. The Balaban J connectivity index is 1.97. The lowest BCUT2D eigenvalue weighted by molar-refractivity contribution is 0.0948. The first-order valence-electron chi connectivity index (χ1n) is 5.96. The lowest BCUT2D eigenvalue weighted by atomic mass is 10.1. The Bertz CT molecular complexity index is 453. The summed E-state index contributed by atoms with van der Waals surface area (Å²) < 4.78 is 0. The van der Waals surface area contributed by atoms with E-state index in [0.29, 0.717) is 32.9 Å². The molecule has 1 aromatic rings. The van der Waals surface area contributed by atoms with E-state index in [1.807, 2.05) is 0 Å². The van der Waals surface area contributed by atoms with E-state index in [9.17, 15) is 4.79 Å². The van der Waals surface area contributed by atoms with Gasteiger partial charge in [0.15, 0.2) is 0 Å². The van der Waals surface area contributed by atoms with E-state index in [4.69, 9.17) is 23.2 Å². The first-order valence-corrected chi connectivity index (χ1v) is 7.63. The Morgan fingerprint density at radius 3 is 2.83 bits per heavy atom. The van der Waals surface area contributed by atoms with Gasteiger partial charge in [0.25, 0.3) is 5.91 Å². The molecule has 98 valence electrons. The predicted octanol–water partition coefficient (Wildman–Crippen LogP) is 4.29. The van der Waals surface area contributed by atoms with Crippen LogP contribution >= 0.6 is 39.1 Å². The van der Waals surface area contributed by atoms with E-state index in [1.165, 1.54) is 12.8 Å². The fourth-order valence-electron chi connectivity index (χ4n) is 2.22. The predicted molar refractivity (Wildman–Crippen MR) is 78.9 cm³/mol. The van der Waals surface area contributed by atoms with Gasteiger partial charge < -0.3 is 5.32 Å². The summed E-state index contributed by atoms with van der Waals surface area (Å²) in [7, 11) is 0. The van der Waals surface area contributed by atoms with Crippen molar-refractivity contribution in [1.29, 1.82) is 0 Å². The van der Waals surface area contributed by atoms with Crippen LogP contribution in [0.5, 0.6) is 0 Å². The maximum Gasteiger partial charge on any atom is 0.252 e. The van der Waals surface area contributed by atoms with Gasteiger partial charge in [0.1, 0.15) is 0 Å². The Morgan fingerprint density at radius 1 is 1.39 bits per heavy atom. The summed E-state index contributed by atoms with van der Waals surface area (Å²) in [4.78, 5) is 12.5. The average Bonchev–Trinajstić information content (AvgIpc) is 2.75. The molecule has 2 atom stereocenters. The average molecular weight is 351 g/mol. The molecule has 0 heterocycles. The molecule has 1 N–H and O–H groups in total. The molecule has 0 bridgehead atoms. The number of rotatable bonds is 3. The number of benzene rings is 1. The van der Waals surface area contributed by atoms with Gasteiger partial charge in [0.2, 0.25) is 0 Å². The van der Waals surface area contributed by atoms with Gasteiger partial charge in [-0.1, -0.05) is 51.6 Å². The van der Waals surface area contributed by atoms with Crippen LogP contribution in [0.3, 0.4) is 0 Å². The third-order valence-corrected chi connectivity index (χ3v) is 5.31. The van der Waals surface area contributed by atoms with Crippen molar-refractivity contribution in [2.45, 2.75) is 24.1 Å². The van der Waals surface area contributed by atoms with Crippen molar-refractivity contribution in [2.24, 2.45) is 5.92 Å². The van der Waals surface area contributed by atoms with Gasteiger partial charge in [-0.15, -0.1) is 0 Å². The molecule has 2 unspecified atom stereocenters. The van der Waals surface area contributed by atoms with Gasteiger partial charge in [-0.05, 0) is 30.9 Å². The molecule has 1 saturated carbocycles. The Morgan fingerprint density at radius 2 is 2.17 bits per heavy atom. The lowest BCUT2D eigenvalue weighted by Gasteiger charge is -2.15. The number of hydrogen-bond donors (Lipinski definition) is 1. The quantitative estimate of drug-likeness (QED) is 0.809. The fraction of sp³-hybridized carbons (Fsp3) is 0.462. The summed E-state index contributed by atoms with van der Waals surface area (Å²) in [6, 6.07) is 5.09. The molecule has 1 amide bonds. The molecule has 1 aromatic carbocycles. The van der Waals surface area contributed by atoms with Crippen molar-refractivity contribution in [2.75, 3.05) is 6.54 Å². The standard InChI is InChI=1S/C13H14BrCl2NO/c14-10-5-1-3-8(10)7-17-13(18)9-4-2-6-11(15)12(9)16/h2,4,6,8,10H,1,3,5,7H2,(H,17,18). The Hall–Kier alpha value is -0.250. The highest BCUT2D eigenvalue weighted by molar-refractivity contribution is 9.09. The lowest BCUT2D eigenvalue weighted by Crippen LogP contribution is -2.31. The zero-order chi connectivity index (χ0) is 13.1. The Kier molecular flexibility index (Phi) is 4.93. The largest absolute Gasteiger partial charge is 0.352 e. The van der Waals surface area contributed by atoms with Gasteiger partial charge in [-0.3, -0.25) is 4.79 Å². The zero-order valence-corrected chi connectivity index (χ0v) is 12.9. The molecule has 1 aliphatic carbocycles. The minimum atomic E-state index is -0.158. The van der Waals surface area contributed by atoms with Crippen LogP contribution in [0.25, 0.3) is 0 Å². The molecular weight excluding hydrogens is 337 g/mol. The SMILES string of the molecule is O=C(NCC1CCCC1Br)c1cccc(Cl)c1Cl. The van der Waals surface area contributed by atoms with E-state index >= 15 is 0 Å². The monoisotopic (exact) mass is 349 g/mol. The van der Waals surface area contributed by atoms with Crippen LogP contribution in [0.2, 0.25) is 10.0 Å². The summed E-state index contributed by atoms with van der Waals surface area (Å²) >= 11 is 15.5. The normalized spacial score (nSPS) is 23.1. The molecule has 18 heavy (non-hydrogen) atoms. The van der Waals surface area contributed by atoms with Crippen LogP contribution in [-0.4, -0.2) is 17.3 Å². The summed E-state index contributed by atoms with van der Waals surface area (Å²) in [6.07, 6.45) is 3.55. The number of nitrogens with one attached hydrogen (secondary N) is 1. The van der Waals surface area contributed by atoms with E-state index in [2.05, 4.69) is 21.2 Å². The number of carbonyl (C=O) groups excluding carboxylic acids is 1. The summed E-state index contributed by atoms with van der Waals surface area (Å²) in [5.41, 5.74) is 0.438. The molecule has 1 fully saturated rings. The number of halogens is 3. The second-order valence-electron chi connectivity index (χ2n) is 4.52. The molecular formula is C13H14BrCl2NO. The third kappa shape index (κ3) is 3.19. The zero-order valence-electron chi connectivity index (χ0n) is 9.76. The van der Waals surface area contributed by atoms with Crippen molar-refractivity contribution in [3.05, 3.63) is 33.8 Å². The van der Waals surface area contributed by atoms with Crippen molar-refractivity contribution >= 4 is 45.0 Å². The van der Waals surface area contributed by atoms with Crippen LogP contribution < -0.4 is 5.32 Å².